The molecule has 0 aromatic carbocycles. The van der Waals surface area contributed by atoms with Crippen LogP contribution < -0.4 is 0 Å². The average molecular weight is 348 g/mol. The number of rotatable bonds is 0. The fourth-order valence-electron chi connectivity index (χ4n) is 0. The van der Waals surface area contributed by atoms with Gasteiger partial charge in [0, 0.05) is 0 Å². The van der Waals surface area contributed by atoms with Crippen LogP contribution in [-0.2, 0) is 0 Å². The van der Waals surface area contributed by atoms with Gasteiger partial charge in [0.1, 0.15) is 0 Å². The van der Waals surface area contributed by atoms with Gasteiger partial charge in [-0.1, -0.05) is 0 Å². The molecule has 0 unspecified atom stereocenters. The summed E-state index contributed by atoms with van der Waals surface area (Å²) in [7, 11) is 0. The van der Waals surface area contributed by atoms with Crippen molar-refractivity contribution in [2.75, 3.05) is 0 Å². The van der Waals surface area contributed by atoms with Crippen molar-refractivity contribution < 1.29 is 48.0 Å². The normalized spacial score (nSPS) is 9.00. The van der Waals surface area contributed by atoms with Gasteiger partial charge in [0.25, 0.3) is 0 Å². The first kappa shape index (κ1) is 10.8. The summed E-state index contributed by atoms with van der Waals surface area (Å²) in [5.74, 6) is 0. The van der Waals surface area contributed by atoms with Gasteiger partial charge in [-0.3, -0.25) is 0 Å². The molecule has 0 aliphatic rings. The van der Waals surface area contributed by atoms with E-state index >= 15 is 0 Å². The van der Waals surface area contributed by atoms with Crippen LogP contribution in [0, 0.1) is 45.1 Å². The zero-order valence-corrected chi connectivity index (χ0v) is 9.08. The van der Waals surface area contributed by atoms with Gasteiger partial charge in [0.15, 0.2) is 0 Å². The maximum atomic E-state index is 9.85. The molecule has 0 aromatic rings. The molecular weight excluding hydrogens is 346 g/mol. The van der Waals surface area contributed by atoms with E-state index in [1.54, 1.807) is 0 Å². The molecule has 0 aliphatic heterocycles. The maximum Gasteiger partial charge on any atom is -1.00 e. The van der Waals surface area contributed by atoms with Crippen LogP contribution in [0.4, 0.5) is 0.0763 Å². The molecule has 0 spiro atoms. The molecule has 0 radical (unpaired) electrons. The van der Waals surface area contributed by atoms with Crippen molar-refractivity contribution in [1.29, 1.82) is 0 Å². The van der Waals surface area contributed by atoms with Crippen LogP contribution in [0.5, 0.6) is 0 Å². The summed E-state index contributed by atoms with van der Waals surface area (Å²) in [6, 6.07) is 0. The molecule has 0 N–H and O–H groups in total. The van der Waals surface area contributed by atoms with Gasteiger partial charge in [-0.25, -0.2) is 0 Å². The zero-order valence-electron chi connectivity index (χ0n) is 4.22. The number of halogens is 3. The van der Waals surface area contributed by atoms with E-state index in [1.165, 1.54) is 0 Å². The summed E-state index contributed by atoms with van der Waals surface area (Å²) in [5.41, 5.74) is 0. The van der Waals surface area contributed by atoms with Crippen molar-refractivity contribution >= 4 is 48.9 Å². The topological polar surface area (TPSA) is 0 Å². The minimum atomic E-state index is -4.96. The Bertz CT molecular complexity index is 17.7. The summed E-state index contributed by atoms with van der Waals surface area (Å²) in [6.07, 6.45) is 0. The number of hydrogen-bond donors (Lipinski definition) is 0. The predicted molar refractivity (Wildman–Crippen MR) is 11.3 cm³/mol. The van der Waals surface area contributed by atoms with Gasteiger partial charge in [-0.15, -0.1) is 0 Å². The van der Waals surface area contributed by atoms with Crippen LogP contribution in [0.25, 0.3) is 0 Å². The Hall–Kier alpha value is 2.95. The first-order valence-electron chi connectivity index (χ1n) is 0.429. The van der Waals surface area contributed by atoms with Crippen LogP contribution in [-0.4, -0.2) is 48.9 Å². The minimum Gasteiger partial charge on any atom is -1.00 e. The molecule has 0 saturated heterocycles. The molecule has 0 bridgehead atoms. The third-order valence-electron chi connectivity index (χ3n) is 0. The van der Waals surface area contributed by atoms with E-state index in [-0.39, 0.29) is 51.7 Å². The largest absolute Gasteiger partial charge is 1.00 e. The molecule has 0 heterocycles. The van der Waals surface area contributed by atoms with Crippen molar-refractivity contribution in [3.05, 3.63) is 0 Å². The third-order valence-corrected chi connectivity index (χ3v) is 0. The molecule has 0 nitrogen and oxygen atoms in total. The average Bonchev–Trinajstić information content (AvgIpc) is 0.811. The van der Waals surface area contributed by atoms with E-state index < -0.39 is 45.1 Å². The van der Waals surface area contributed by atoms with Gasteiger partial charge in [-0.2, -0.15) is 0 Å². The molecule has 0 amide bonds. The van der Waals surface area contributed by atoms with Gasteiger partial charge in [-0.05, 0) is 0 Å². The SMILES string of the molecule is [Ba+2].[F][Eu]([F])[F].[H-].[H-]. The number of hydrogen-bond acceptors (Lipinski definition) is 0. The van der Waals surface area contributed by atoms with Crippen LogP contribution in [0.15, 0.2) is 0 Å². The summed E-state index contributed by atoms with van der Waals surface area (Å²) in [4.78, 5) is 0. The Morgan fingerprint density at radius 1 is 1.20 bits per heavy atom. The second kappa shape index (κ2) is 6.95. The van der Waals surface area contributed by atoms with E-state index in [1.807, 2.05) is 0 Å². The van der Waals surface area contributed by atoms with Crippen molar-refractivity contribution in [1.82, 2.24) is 0 Å². The van der Waals surface area contributed by atoms with E-state index in [9.17, 15) is 0.0763 Å². The molecule has 5 heteroatoms. The molecule has 0 rings (SSSR count). The Morgan fingerprint density at radius 3 is 1.20 bits per heavy atom. The summed E-state index contributed by atoms with van der Waals surface area (Å²) < 4.78 is 29.6. The Morgan fingerprint density at radius 2 is 1.20 bits per heavy atom. The van der Waals surface area contributed by atoms with Gasteiger partial charge in [0.05, 0.1) is 0 Å². The zero-order chi connectivity index (χ0) is 3.58. The standard InChI is InChI=1S/Ba.Eu.3FH.2H/h;;3*1H;;/q+2;+3;;;;2*-1/p-3. The molecule has 0 atom stereocenters. The summed E-state index contributed by atoms with van der Waals surface area (Å²) >= 11 is -4.96. The van der Waals surface area contributed by atoms with E-state index in [2.05, 4.69) is 0 Å². The summed E-state index contributed by atoms with van der Waals surface area (Å²) in [6.45, 7) is 0. The third kappa shape index (κ3) is 19.6. The Kier molecular flexibility index (Phi) is 15.1. The Balaban J connectivity index is -0.0000000150. The molecule has 32 valence electrons. The van der Waals surface area contributed by atoms with Gasteiger partial charge >= 0.3 is 94.0 Å². The molecule has 5 heavy (non-hydrogen) atoms. The van der Waals surface area contributed by atoms with Gasteiger partial charge < -0.3 is 2.85 Å². The van der Waals surface area contributed by atoms with Crippen LogP contribution >= 0.6 is 0 Å². The van der Waals surface area contributed by atoms with Crippen LogP contribution in [0.1, 0.15) is 2.85 Å². The van der Waals surface area contributed by atoms with Crippen LogP contribution in [0.3, 0.4) is 0 Å². The van der Waals surface area contributed by atoms with E-state index in [0.717, 1.165) is 0 Å². The van der Waals surface area contributed by atoms with Crippen molar-refractivity contribution in [3.8, 4) is 0 Å². The minimum absolute atomic E-state index is 0. The summed E-state index contributed by atoms with van der Waals surface area (Å²) in [5, 5.41) is 0. The Labute approximate surface area is 93.8 Å². The van der Waals surface area contributed by atoms with Gasteiger partial charge in [0.2, 0.25) is 0 Å². The predicted octanol–water partition coefficient (Wildman–Crippen LogP) is 1.10. The monoisotopic (exact) mass is 350 g/mol. The molecular formula is H2BaEuF3. The molecule has 0 saturated carbocycles. The first-order valence-corrected chi connectivity index (χ1v) is 3.18. The van der Waals surface area contributed by atoms with E-state index in [0.29, 0.717) is 0 Å². The van der Waals surface area contributed by atoms with Crippen LogP contribution in [0.2, 0.25) is 0 Å². The fraction of sp³-hybridized carbons (Fsp3) is 0. The maximum absolute atomic E-state index is 9.85. The quantitative estimate of drug-likeness (QED) is 0.576. The van der Waals surface area contributed by atoms with Crippen molar-refractivity contribution in [2.24, 2.45) is 0 Å². The second-order valence-electron chi connectivity index (χ2n) is 0.162. The first-order chi connectivity index (χ1) is 1.73. The fourth-order valence-corrected chi connectivity index (χ4v) is 0. The second-order valence-corrected chi connectivity index (χ2v) is 1.20. The van der Waals surface area contributed by atoms with Crippen molar-refractivity contribution in [3.63, 3.8) is 0 Å². The molecule has 0 aromatic heterocycles. The molecule has 0 fully saturated rings. The molecule has 0 aliphatic carbocycles. The van der Waals surface area contributed by atoms with E-state index in [4.69, 9.17) is 0 Å². The van der Waals surface area contributed by atoms with Crippen molar-refractivity contribution in [2.45, 2.75) is 0 Å². The smallest absolute Gasteiger partial charge is 1.00 e.